The Morgan fingerprint density at radius 3 is 2.51 bits per heavy atom. The van der Waals surface area contributed by atoms with E-state index in [2.05, 4.69) is 68.3 Å². The molecule has 0 radical (unpaired) electrons. The van der Waals surface area contributed by atoms with E-state index in [0.717, 1.165) is 58.4 Å². The minimum absolute atomic E-state index is 0.318. The van der Waals surface area contributed by atoms with Gasteiger partial charge in [0.25, 0.3) is 0 Å². The van der Waals surface area contributed by atoms with Crippen molar-refractivity contribution in [3.8, 4) is 22.5 Å². The predicted octanol–water partition coefficient (Wildman–Crippen LogP) is 5.15. The number of hydrogen-bond acceptors (Lipinski definition) is 7. The number of ether oxygens (including phenoxy) is 1. The highest BCUT2D eigenvalue weighted by Gasteiger charge is 2.18. The number of aryl methyl sites for hydroxylation is 2. The number of pyridine rings is 1. The third-order valence-corrected chi connectivity index (χ3v) is 6.35. The van der Waals surface area contributed by atoms with Crippen LogP contribution in [-0.4, -0.2) is 47.7 Å². The van der Waals surface area contributed by atoms with Crippen LogP contribution in [0.3, 0.4) is 0 Å². The highest BCUT2D eigenvalue weighted by molar-refractivity contribution is 5.91. The molecule has 37 heavy (non-hydrogen) atoms. The Labute approximate surface area is 214 Å². The molecule has 0 bridgehead atoms. The summed E-state index contributed by atoms with van der Waals surface area (Å²) in [7, 11) is 0. The van der Waals surface area contributed by atoms with Crippen molar-refractivity contribution in [3.05, 3.63) is 77.2 Å². The first-order valence-electron chi connectivity index (χ1n) is 12.5. The number of aromatic nitrogens is 7. The average Bonchev–Trinajstić information content (AvgIpc) is 3.58. The summed E-state index contributed by atoms with van der Waals surface area (Å²) in [4.78, 5) is 22.1. The number of nitrogens with one attached hydrogen (secondary N) is 1. The number of imidazole rings is 1. The molecule has 9 heteroatoms. The standard InChI is InChI=1S/C28H29N7O2/c1-4-6-15-37-28(36)23-16-18(3)25-27(29-23)35(24(5-2)30-25)17-19-11-13-20(14-12-19)21-9-7-8-10-22(21)26-31-33-34-32-26/h7-14,16H,4-6,15,17H2,1-3H3,(H,31,32,33,34). The molecular weight excluding hydrogens is 466 g/mol. The molecule has 0 saturated heterocycles. The molecule has 2 aromatic carbocycles. The number of benzene rings is 2. The molecule has 0 amide bonds. The molecule has 0 saturated carbocycles. The molecular formula is C28H29N7O2. The van der Waals surface area contributed by atoms with Gasteiger partial charge < -0.3 is 9.30 Å². The number of nitrogens with zero attached hydrogens (tertiary/aromatic N) is 6. The van der Waals surface area contributed by atoms with E-state index in [1.54, 1.807) is 6.07 Å². The Hall–Kier alpha value is -4.40. The summed E-state index contributed by atoms with van der Waals surface area (Å²) in [6, 6.07) is 18.1. The van der Waals surface area contributed by atoms with Crippen molar-refractivity contribution >= 4 is 17.1 Å². The van der Waals surface area contributed by atoms with E-state index < -0.39 is 5.97 Å². The summed E-state index contributed by atoms with van der Waals surface area (Å²) < 4.78 is 7.50. The van der Waals surface area contributed by atoms with Crippen LogP contribution in [0.15, 0.2) is 54.6 Å². The zero-order chi connectivity index (χ0) is 25.8. The summed E-state index contributed by atoms with van der Waals surface area (Å²) in [5.74, 6) is 1.09. The quantitative estimate of drug-likeness (QED) is 0.222. The summed E-state index contributed by atoms with van der Waals surface area (Å²) in [6.07, 6.45) is 2.55. The Kier molecular flexibility index (Phi) is 7.02. The van der Waals surface area contributed by atoms with Crippen LogP contribution in [0.2, 0.25) is 0 Å². The maximum absolute atomic E-state index is 12.6. The van der Waals surface area contributed by atoms with Crippen LogP contribution in [-0.2, 0) is 17.7 Å². The lowest BCUT2D eigenvalue weighted by atomic mass is 9.98. The summed E-state index contributed by atoms with van der Waals surface area (Å²) in [5.41, 5.74) is 6.84. The van der Waals surface area contributed by atoms with E-state index in [9.17, 15) is 4.79 Å². The van der Waals surface area contributed by atoms with Crippen molar-refractivity contribution in [2.75, 3.05) is 6.61 Å². The van der Waals surface area contributed by atoms with Crippen molar-refractivity contribution in [1.29, 1.82) is 0 Å². The van der Waals surface area contributed by atoms with Crippen molar-refractivity contribution in [2.24, 2.45) is 0 Å². The fraction of sp³-hybridized carbons (Fsp3) is 0.286. The van der Waals surface area contributed by atoms with Crippen molar-refractivity contribution in [3.63, 3.8) is 0 Å². The van der Waals surface area contributed by atoms with Gasteiger partial charge in [0.2, 0.25) is 5.82 Å². The molecule has 0 atom stereocenters. The monoisotopic (exact) mass is 495 g/mol. The van der Waals surface area contributed by atoms with Crippen LogP contribution in [0.5, 0.6) is 0 Å². The third-order valence-electron chi connectivity index (χ3n) is 6.35. The first-order chi connectivity index (χ1) is 18.1. The van der Waals surface area contributed by atoms with E-state index in [0.29, 0.717) is 30.3 Å². The van der Waals surface area contributed by atoms with E-state index in [4.69, 9.17) is 9.72 Å². The Morgan fingerprint density at radius 2 is 1.81 bits per heavy atom. The topological polar surface area (TPSA) is 111 Å². The van der Waals surface area contributed by atoms with Gasteiger partial charge in [0.15, 0.2) is 11.3 Å². The number of rotatable bonds is 9. The van der Waals surface area contributed by atoms with Crippen LogP contribution in [0.4, 0.5) is 0 Å². The highest BCUT2D eigenvalue weighted by atomic mass is 16.5. The van der Waals surface area contributed by atoms with E-state index in [-0.39, 0.29) is 0 Å². The SMILES string of the molecule is CCCCOC(=O)c1cc(C)c2nc(CC)n(Cc3ccc(-c4ccccc4-c4nn[nH]n4)cc3)c2n1. The Morgan fingerprint density at radius 1 is 1.03 bits per heavy atom. The van der Waals surface area contributed by atoms with E-state index in [1.807, 2.05) is 31.2 Å². The van der Waals surface area contributed by atoms with Crippen LogP contribution < -0.4 is 0 Å². The van der Waals surface area contributed by atoms with E-state index >= 15 is 0 Å². The minimum Gasteiger partial charge on any atom is -0.461 e. The molecule has 0 aliphatic heterocycles. The van der Waals surface area contributed by atoms with Gasteiger partial charge in [-0.3, -0.25) is 0 Å². The Balaban J connectivity index is 1.46. The van der Waals surface area contributed by atoms with Crippen LogP contribution in [0.25, 0.3) is 33.7 Å². The first kappa shape index (κ1) is 24.3. The van der Waals surface area contributed by atoms with Gasteiger partial charge in [0.1, 0.15) is 11.3 Å². The number of unbranched alkanes of at least 4 members (excludes halogenated alkanes) is 1. The van der Waals surface area contributed by atoms with Crippen LogP contribution in [0.1, 0.15) is 54.1 Å². The fourth-order valence-electron chi connectivity index (χ4n) is 4.39. The zero-order valence-electron chi connectivity index (χ0n) is 21.2. The number of fused-ring (bicyclic) bond motifs is 1. The molecule has 9 nitrogen and oxygen atoms in total. The smallest absolute Gasteiger partial charge is 0.357 e. The molecule has 0 aliphatic carbocycles. The second-order valence-corrected chi connectivity index (χ2v) is 8.93. The van der Waals surface area contributed by atoms with E-state index in [1.165, 1.54) is 0 Å². The molecule has 0 aliphatic rings. The fourth-order valence-corrected chi connectivity index (χ4v) is 4.39. The number of H-pyrrole nitrogens is 1. The predicted molar refractivity (Wildman–Crippen MR) is 141 cm³/mol. The van der Waals surface area contributed by atoms with Gasteiger partial charge in [-0.05, 0) is 46.9 Å². The number of hydrogen-bond donors (Lipinski definition) is 1. The average molecular weight is 496 g/mol. The summed E-state index contributed by atoms with van der Waals surface area (Å²) in [5, 5.41) is 14.5. The molecule has 188 valence electrons. The van der Waals surface area contributed by atoms with Gasteiger partial charge in [0, 0.05) is 12.0 Å². The second-order valence-electron chi connectivity index (χ2n) is 8.93. The molecule has 5 aromatic rings. The minimum atomic E-state index is -0.395. The van der Waals surface area contributed by atoms with Crippen molar-refractivity contribution < 1.29 is 9.53 Å². The largest absolute Gasteiger partial charge is 0.461 e. The zero-order valence-corrected chi connectivity index (χ0v) is 21.2. The number of esters is 1. The maximum Gasteiger partial charge on any atom is 0.357 e. The van der Waals surface area contributed by atoms with Gasteiger partial charge in [-0.15, -0.1) is 10.2 Å². The third kappa shape index (κ3) is 4.97. The number of carbonyl (C=O) groups excluding carboxylic acids is 1. The summed E-state index contributed by atoms with van der Waals surface area (Å²) >= 11 is 0. The molecule has 3 heterocycles. The molecule has 1 N–H and O–H groups in total. The molecule has 0 unspecified atom stereocenters. The lowest BCUT2D eigenvalue weighted by molar-refractivity contribution is 0.0493. The Bertz CT molecular complexity index is 1520. The normalized spacial score (nSPS) is 11.2. The number of tetrazole rings is 1. The second kappa shape index (κ2) is 10.7. The van der Waals surface area contributed by atoms with Crippen LogP contribution in [0, 0.1) is 6.92 Å². The summed E-state index contributed by atoms with van der Waals surface area (Å²) in [6.45, 7) is 7.08. The van der Waals surface area contributed by atoms with Gasteiger partial charge in [-0.25, -0.2) is 14.8 Å². The number of aromatic amines is 1. The highest BCUT2D eigenvalue weighted by Crippen LogP contribution is 2.30. The molecule has 5 rings (SSSR count). The first-order valence-corrected chi connectivity index (χ1v) is 12.5. The lowest BCUT2D eigenvalue weighted by Gasteiger charge is -2.11. The van der Waals surface area contributed by atoms with Gasteiger partial charge in [0.05, 0.1) is 13.2 Å². The molecule has 0 spiro atoms. The molecule has 3 aromatic heterocycles. The van der Waals surface area contributed by atoms with Gasteiger partial charge in [-0.2, -0.15) is 5.21 Å². The van der Waals surface area contributed by atoms with Crippen molar-refractivity contribution in [2.45, 2.75) is 46.6 Å². The number of carbonyl (C=O) groups is 1. The maximum atomic E-state index is 12.6. The van der Waals surface area contributed by atoms with Gasteiger partial charge in [-0.1, -0.05) is 68.8 Å². The van der Waals surface area contributed by atoms with Crippen LogP contribution >= 0.6 is 0 Å². The lowest BCUT2D eigenvalue weighted by Crippen LogP contribution is -2.11. The molecule has 0 fully saturated rings. The van der Waals surface area contributed by atoms with Crippen molar-refractivity contribution in [1.82, 2.24) is 35.2 Å². The van der Waals surface area contributed by atoms with Gasteiger partial charge >= 0.3 is 5.97 Å².